The lowest BCUT2D eigenvalue weighted by Gasteiger charge is -2.35. The molecule has 1 aromatic heterocycles. The molecule has 1 unspecified atom stereocenters. The molecule has 1 aromatic carbocycles. The van der Waals surface area contributed by atoms with Gasteiger partial charge in [-0.2, -0.15) is 0 Å². The van der Waals surface area contributed by atoms with Crippen LogP contribution in [-0.4, -0.2) is 62.3 Å². The van der Waals surface area contributed by atoms with E-state index in [1.165, 1.54) is 5.56 Å². The Kier molecular flexibility index (Phi) is 10.6. The second-order valence-corrected chi connectivity index (χ2v) is 8.20. The Morgan fingerprint density at radius 1 is 1.28 bits per heavy atom. The molecule has 2 aromatic rings. The van der Waals surface area contributed by atoms with Crippen molar-refractivity contribution in [3.8, 4) is 0 Å². The van der Waals surface area contributed by atoms with E-state index >= 15 is 0 Å². The second-order valence-electron chi connectivity index (χ2n) is 6.70. The number of aryl methyl sites for hydroxylation is 1. The van der Waals surface area contributed by atoms with Crippen molar-refractivity contribution in [2.24, 2.45) is 4.99 Å². The SMILES string of the molecule is CN=C(NCCc1csc(C)n1)NCC(c1ccc(Cl)cc1)N1CCOCC1.I. The van der Waals surface area contributed by atoms with Crippen molar-refractivity contribution in [3.63, 3.8) is 0 Å². The van der Waals surface area contributed by atoms with Gasteiger partial charge in [-0.25, -0.2) is 4.98 Å². The van der Waals surface area contributed by atoms with E-state index in [1.54, 1.807) is 18.4 Å². The molecule has 1 aliphatic heterocycles. The van der Waals surface area contributed by atoms with Crippen molar-refractivity contribution in [3.05, 3.63) is 50.9 Å². The Morgan fingerprint density at radius 2 is 2.00 bits per heavy atom. The van der Waals surface area contributed by atoms with Crippen molar-refractivity contribution < 1.29 is 4.74 Å². The van der Waals surface area contributed by atoms with E-state index in [4.69, 9.17) is 16.3 Å². The standard InChI is InChI=1S/C20H28ClN5OS.HI/c1-15-25-18(14-28-15)7-8-23-20(22-2)24-13-19(26-9-11-27-12-10-26)16-3-5-17(21)6-4-16;/h3-6,14,19H,7-13H2,1-2H3,(H2,22,23,24);1H. The molecule has 0 amide bonds. The van der Waals surface area contributed by atoms with Gasteiger partial charge in [-0.1, -0.05) is 23.7 Å². The number of hydrogen-bond acceptors (Lipinski definition) is 5. The number of thiazole rings is 1. The third-order valence-corrected chi connectivity index (χ3v) is 5.84. The summed E-state index contributed by atoms with van der Waals surface area (Å²) in [5, 5.41) is 10.8. The molecule has 1 fully saturated rings. The summed E-state index contributed by atoms with van der Waals surface area (Å²) in [7, 11) is 1.80. The van der Waals surface area contributed by atoms with Gasteiger partial charge in [0, 0.05) is 50.1 Å². The zero-order chi connectivity index (χ0) is 19.8. The summed E-state index contributed by atoms with van der Waals surface area (Å²) in [6.07, 6.45) is 0.884. The van der Waals surface area contributed by atoms with Crippen LogP contribution in [0.15, 0.2) is 34.6 Å². The quantitative estimate of drug-likeness (QED) is 0.315. The first-order valence-electron chi connectivity index (χ1n) is 9.58. The highest BCUT2D eigenvalue weighted by atomic mass is 127. The van der Waals surface area contributed by atoms with Gasteiger partial charge < -0.3 is 15.4 Å². The largest absolute Gasteiger partial charge is 0.379 e. The van der Waals surface area contributed by atoms with E-state index in [9.17, 15) is 0 Å². The predicted octanol–water partition coefficient (Wildman–Crippen LogP) is 3.50. The maximum absolute atomic E-state index is 6.08. The molecule has 1 atom stereocenters. The zero-order valence-corrected chi connectivity index (χ0v) is 20.8. The highest BCUT2D eigenvalue weighted by Crippen LogP contribution is 2.23. The molecular formula is C20H29ClIN5OS. The molecule has 0 aliphatic carbocycles. The molecule has 0 radical (unpaired) electrons. The van der Waals surface area contributed by atoms with Crippen LogP contribution in [0.3, 0.4) is 0 Å². The molecule has 3 rings (SSSR count). The van der Waals surface area contributed by atoms with Crippen LogP contribution in [0.5, 0.6) is 0 Å². The summed E-state index contributed by atoms with van der Waals surface area (Å²) >= 11 is 7.77. The number of benzene rings is 1. The van der Waals surface area contributed by atoms with Crippen LogP contribution >= 0.6 is 46.9 Å². The summed E-state index contributed by atoms with van der Waals surface area (Å²) in [6.45, 7) is 6.97. The van der Waals surface area contributed by atoms with E-state index in [0.29, 0.717) is 0 Å². The number of nitrogens with zero attached hydrogens (tertiary/aromatic N) is 3. The lowest BCUT2D eigenvalue weighted by atomic mass is 10.0. The Labute approximate surface area is 199 Å². The fraction of sp³-hybridized carbons (Fsp3) is 0.500. The Morgan fingerprint density at radius 3 is 2.62 bits per heavy atom. The van der Waals surface area contributed by atoms with E-state index in [1.807, 2.05) is 19.1 Å². The van der Waals surface area contributed by atoms with E-state index < -0.39 is 0 Å². The number of rotatable bonds is 7. The van der Waals surface area contributed by atoms with Gasteiger partial charge in [-0.3, -0.25) is 9.89 Å². The molecule has 9 heteroatoms. The van der Waals surface area contributed by atoms with E-state index in [0.717, 1.165) is 67.5 Å². The summed E-state index contributed by atoms with van der Waals surface area (Å²) in [5.74, 6) is 0.805. The second kappa shape index (κ2) is 12.7. The zero-order valence-electron chi connectivity index (χ0n) is 16.9. The number of guanidine groups is 1. The smallest absolute Gasteiger partial charge is 0.191 e. The minimum absolute atomic E-state index is 0. The number of ether oxygens (including phenoxy) is 1. The molecule has 29 heavy (non-hydrogen) atoms. The molecular weight excluding hydrogens is 521 g/mol. The van der Waals surface area contributed by atoms with Crippen molar-refractivity contribution >= 4 is 52.9 Å². The predicted molar refractivity (Wildman–Crippen MR) is 132 cm³/mol. The van der Waals surface area contributed by atoms with Gasteiger partial charge in [0.2, 0.25) is 0 Å². The molecule has 0 saturated carbocycles. The third-order valence-electron chi connectivity index (χ3n) is 4.77. The first kappa shape index (κ1) is 24.3. The first-order chi connectivity index (χ1) is 13.7. The van der Waals surface area contributed by atoms with Crippen LogP contribution in [0.1, 0.15) is 22.3 Å². The summed E-state index contributed by atoms with van der Waals surface area (Å²) in [5.41, 5.74) is 2.37. The van der Waals surface area contributed by atoms with Crippen molar-refractivity contribution in [2.45, 2.75) is 19.4 Å². The fourth-order valence-electron chi connectivity index (χ4n) is 3.28. The summed E-state index contributed by atoms with van der Waals surface area (Å²) < 4.78 is 5.52. The van der Waals surface area contributed by atoms with Gasteiger partial charge in [-0.05, 0) is 24.6 Å². The van der Waals surface area contributed by atoms with Crippen LogP contribution < -0.4 is 10.6 Å². The topological polar surface area (TPSA) is 61.8 Å². The Balaban J connectivity index is 0.00000300. The van der Waals surface area contributed by atoms with Gasteiger partial charge in [-0.15, -0.1) is 35.3 Å². The van der Waals surface area contributed by atoms with Crippen LogP contribution in [0.2, 0.25) is 5.02 Å². The Bertz CT molecular complexity index is 764. The molecule has 160 valence electrons. The molecule has 1 saturated heterocycles. The van der Waals surface area contributed by atoms with Gasteiger partial charge in [0.15, 0.2) is 5.96 Å². The number of aromatic nitrogens is 1. The normalized spacial score (nSPS) is 16.2. The summed E-state index contributed by atoms with van der Waals surface area (Å²) in [6, 6.07) is 8.34. The minimum atomic E-state index is 0. The van der Waals surface area contributed by atoms with Crippen molar-refractivity contribution in [1.82, 2.24) is 20.5 Å². The average Bonchev–Trinajstić information content (AvgIpc) is 3.14. The fourth-order valence-corrected chi connectivity index (χ4v) is 4.05. The van der Waals surface area contributed by atoms with E-state index in [-0.39, 0.29) is 30.0 Å². The highest BCUT2D eigenvalue weighted by Gasteiger charge is 2.22. The molecule has 6 nitrogen and oxygen atoms in total. The lowest BCUT2D eigenvalue weighted by molar-refractivity contribution is 0.0170. The molecule has 2 heterocycles. The van der Waals surface area contributed by atoms with Gasteiger partial charge in [0.05, 0.1) is 30.0 Å². The lowest BCUT2D eigenvalue weighted by Crippen LogP contribution is -2.46. The maximum Gasteiger partial charge on any atom is 0.191 e. The van der Waals surface area contributed by atoms with Gasteiger partial charge in [0.1, 0.15) is 0 Å². The number of halogens is 2. The molecule has 0 bridgehead atoms. The first-order valence-corrected chi connectivity index (χ1v) is 10.8. The van der Waals surface area contributed by atoms with Crippen LogP contribution in [-0.2, 0) is 11.2 Å². The molecule has 2 N–H and O–H groups in total. The number of morpholine rings is 1. The maximum atomic E-state index is 6.08. The van der Waals surface area contributed by atoms with Crippen molar-refractivity contribution in [2.75, 3.05) is 46.4 Å². The number of nitrogens with one attached hydrogen (secondary N) is 2. The Hall–Kier alpha value is -0.940. The number of hydrogen-bond donors (Lipinski definition) is 2. The molecule has 1 aliphatic rings. The monoisotopic (exact) mass is 549 g/mol. The van der Waals surface area contributed by atoms with Gasteiger partial charge >= 0.3 is 0 Å². The van der Waals surface area contributed by atoms with Crippen molar-refractivity contribution in [1.29, 1.82) is 0 Å². The highest BCUT2D eigenvalue weighted by molar-refractivity contribution is 14.0. The third kappa shape index (κ3) is 7.67. The summed E-state index contributed by atoms with van der Waals surface area (Å²) in [4.78, 5) is 11.3. The molecule has 0 spiro atoms. The van der Waals surface area contributed by atoms with Crippen LogP contribution in [0.4, 0.5) is 0 Å². The van der Waals surface area contributed by atoms with E-state index in [2.05, 4.69) is 43.0 Å². The number of aliphatic imine (C=N–C) groups is 1. The minimum Gasteiger partial charge on any atom is -0.379 e. The van der Waals surface area contributed by atoms with Gasteiger partial charge in [0.25, 0.3) is 0 Å². The van der Waals surface area contributed by atoms with Crippen LogP contribution in [0.25, 0.3) is 0 Å². The average molecular weight is 550 g/mol. The van der Waals surface area contributed by atoms with Crippen LogP contribution in [0, 0.1) is 6.92 Å².